The molecule has 1 aliphatic rings. The van der Waals surface area contributed by atoms with E-state index >= 15 is 0 Å². The van der Waals surface area contributed by atoms with Gasteiger partial charge in [-0.2, -0.15) is 0 Å². The van der Waals surface area contributed by atoms with Gasteiger partial charge in [-0.1, -0.05) is 30.3 Å². The van der Waals surface area contributed by atoms with Gasteiger partial charge in [-0.15, -0.1) is 0 Å². The highest BCUT2D eigenvalue weighted by Crippen LogP contribution is 2.03. The molecule has 1 aromatic carbocycles. The van der Waals surface area contributed by atoms with Crippen molar-refractivity contribution in [1.82, 2.24) is 0 Å². The van der Waals surface area contributed by atoms with E-state index in [1.165, 1.54) is 5.56 Å². The van der Waals surface area contributed by atoms with Crippen LogP contribution < -0.4 is 0 Å². The van der Waals surface area contributed by atoms with Crippen molar-refractivity contribution in [3.63, 3.8) is 0 Å². The molecule has 0 saturated carbocycles. The van der Waals surface area contributed by atoms with Gasteiger partial charge >= 0.3 is 0 Å². The number of benzene rings is 1. The Kier molecular flexibility index (Phi) is 1.52. The largest absolute Gasteiger partial charge is 0.267 e. The zero-order chi connectivity index (χ0) is 7.52. The number of rotatable bonds is 1. The molecule has 0 aliphatic carbocycles. The zero-order valence-electron chi connectivity index (χ0n) is 6.07. The van der Waals surface area contributed by atoms with Crippen LogP contribution in [0.5, 0.6) is 0 Å². The van der Waals surface area contributed by atoms with Gasteiger partial charge in [-0.3, -0.25) is 4.99 Å². The van der Waals surface area contributed by atoms with E-state index in [9.17, 15) is 0 Å². The first-order valence-corrected chi connectivity index (χ1v) is 3.57. The monoisotopic (exact) mass is 144 g/mol. The average Bonchev–Trinajstić information content (AvgIpc) is 2.58. The van der Waals surface area contributed by atoms with Crippen LogP contribution in [0.2, 0.25) is 0 Å². The molecule has 2 rings (SSSR count). The Balaban J connectivity index is 2.31. The molecule has 0 aromatic heterocycles. The lowest BCUT2D eigenvalue weighted by molar-refractivity contribution is 1.35. The predicted octanol–water partition coefficient (Wildman–Crippen LogP) is 1.52. The standard InChI is InChI=1S/C9H8N2/c1-2-4-8(5-3-1)9-6-10-7-11-9/h1-5,7H,6H2. The minimum absolute atomic E-state index is 0.726. The van der Waals surface area contributed by atoms with E-state index < -0.39 is 0 Å². The Morgan fingerprint density at radius 2 is 1.91 bits per heavy atom. The molecule has 2 nitrogen and oxygen atoms in total. The fourth-order valence-corrected chi connectivity index (χ4v) is 1.07. The topological polar surface area (TPSA) is 24.7 Å². The number of hydrogen-bond acceptors (Lipinski definition) is 2. The van der Waals surface area contributed by atoms with Gasteiger partial charge in [-0.05, 0) is 5.56 Å². The summed E-state index contributed by atoms with van der Waals surface area (Å²) in [5, 5.41) is 0. The van der Waals surface area contributed by atoms with Crippen LogP contribution in [0.15, 0.2) is 40.3 Å². The molecule has 1 aromatic rings. The van der Waals surface area contributed by atoms with Crippen molar-refractivity contribution in [3.8, 4) is 0 Å². The maximum Gasteiger partial charge on any atom is 0.110 e. The van der Waals surface area contributed by atoms with Crippen molar-refractivity contribution >= 4 is 12.1 Å². The van der Waals surface area contributed by atoms with Crippen LogP contribution in [0.3, 0.4) is 0 Å². The molecule has 0 amide bonds. The molecule has 0 bridgehead atoms. The molecule has 0 spiro atoms. The van der Waals surface area contributed by atoms with Crippen molar-refractivity contribution in [1.29, 1.82) is 0 Å². The highest BCUT2D eigenvalue weighted by atomic mass is 14.9. The second kappa shape index (κ2) is 2.66. The third-order valence-electron chi connectivity index (χ3n) is 1.64. The van der Waals surface area contributed by atoms with Crippen LogP contribution in [-0.2, 0) is 0 Å². The molecule has 0 fully saturated rings. The summed E-state index contributed by atoms with van der Waals surface area (Å²) < 4.78 is 0. The third-order valence-corrected chi connectivity index (χ3v) is 1.64. The minimum atomic E-state index is 0.726. The third kappa shape index (κ3) is 1.19. The van der Waals surface area contributed by atoms with Crippen molar-refractivity contribution in [3.05, 3.63) is 35.9 Å². The lowest BCUT2D eigenvalue weighted by Crippen LogP contribution is -2.00. The lowest BCUT2D eigenvalue weighted by atomic mass is 10.1. The van der Waals surface area contributed by atoms with E-state index in [2.05, 4.69) is 9.98 Å². The fraction of sp³-hybridized carbons (Fsp3) is 0.111. The molecule has 54 valence electrons. The van der Waals surface area contributed by atoms with Crippen molar-refractivity contribution < 1.29 is 0 Å². The SMILES string of the molecule is C1=NCC(c2ccccc2)=N1. The summed E-state index contributed by atoms with van der Waals surface area (Å²) in [6, 6.07) is 10.1. The van der Waals surface area contributed by atoms with Crippen molar-refractivity contribution in [2.24, 2.45) is 9.98 Å². The van der Waals surface area contributed by atoms with Gasteiger partial charge in [0.05, 0.1) is 12.3 Å². The van der Waals surface area contributed by atoms with E-state index in [1.807, 2.05) is 30.3 Å². The Labute approximate surface area is 65.3 Å². The van der Waals surface area contributed by atoms with E-state index in [4.69, 9.17) is 0 Å². The summed E-state index contributed by atoms with van der Waals surface area (Å²) in [7, 11) is 0. The van der Waals surface area contributed by atoms with E-state index in [-0.39, 0.29) is 0 Å². The molecule has 0 N–H and O–H groups in total. The van der Waals surface area contributed by atoms with E-state index in [0.29, 0.717) is 0 Å². The summed E-state index contributed by atoms with van der Waals surface area (Å²) in [4.78, 5) is 8.14. The fourth-order valence-electron chi connectivity index (χ4n) is 1.07. The smallest absolute Gasteiger partial charge is 0.110 e. The molecule has 2 heteroatoms. The first-order chi connectivity index (χ1) is 5.47. The second-order valence-electron chi connectivity index (χ2n) is 2.40. The van der Waals surface area contributed by atoms with Crippen LogP contribution in [0.4, 0.5) is 0 Å². The average molecular weight is 144 g/mol. The number of nitrogens with zero attached hydrogens (tertiary/aromatic N) is 2. The molecule has 0 unspecified atom stereocenters. The quantitative estimate of drug-likeness (QED) is 0.571. The Morgan fingerprint density at radius 1 is 1.09 bits per heavy atom. The summed E-state index contributed by atoms with van der Waals surface area (Å²) in [5.41, 5.74) is 2.23. The van der Waals surface area contributed by atoms with Crippen LogP contribution in [0, 0.1) is 0 Å². The van der Waals surface area contributed by atoms with Gasteiger partial charge in [0.1, 0.15) is 6.34 Å². The second-order valence-corrected chi connectivity index (χ2v) is 2.40. The van der Waals surface area contributed by atoms with Crippen LogP contribution in [-0.4, -0.2) is 18.6 Å². The first-order valence-electron chi connectivity index (χ1n) is 3.57. The molecular formula is C9H8N2. The molecule has 1 heterocycles. The maximum absolute atomic E-state index is 4.13. The van der Waals surface area contributed by atoms with Gasteiger partial charge in [0.2, 0.25) is 0 Å². The Hall–Kier alpha value is -1.44. The molecular weight excluding hydrogens is 136 g/mol. The number of aliphatic imine (C=N–C) groups is 2. The lowest BCUT2D eigenvalue weighted by Gasteiger charge is -1.96. The molecule has 1 aliphatic heterocycles. The Morgan fingerprint density at radius 3 is 2.55 bits per heavy atom. The van der Waals surface area contributed by atoms with Crippen LogP contribution >= 0.6 is 0 Å². The van der Waals surface area contributed by atoms with Gasteiger partial charge in [0.25, 0.3) is 0 Å². The van der Waals surface area contributed by atoms with Gasteiger partial charge in [-0.25, -0.2) is 4.99 Å². The van der Waals surface area contributed by atoms with E-state index in [0.717, 1.165) is 12.3 Å². The normalized spacial score (nSPS) is 15.1. The molecule has 0 saturated heterocycles. The Bertz CT molecular complexity index is 299. The summed E-state index contributed by atoms with van der Waals surface area (Å²) in [5.74, 6) is 0. The van der Waals surface area contributed by atoms with Gasteiger partial charge in [0, 0.05) is 0 Å². The summed E-state index contributed by atoms with van der Waals surface area (Å²) in [6.45, 7) is 0.726. The van der Waals surface area contributed by atoms with Gasteiger partial charge in [0.15, 0.2) is 0 Å². The maximum atomic E-state index is 4.13. The van der Waals surface area contributed by atoms with Crippen molar-refractivity contribution in [2.75, 3.05) is 6.54 Å². The summed E-state index contributed by atoms with van der Waals surface area (Å²) >= 11 is 0. The molecule has 0 radical (unpaired) electrons. The highest BCUT2D eigenvalue weighted by Gasteiger charge is 2.03. The van der Waals surface area contributed by atoms with Crippen LogP contribution in [0.1, 0.15) is 5.56 Å². The minimum Gasteiger partial charge on any atom is -0.267 e. The molecule has 11 heavy (non-hydrogen) atoms. The first kappa shape index (κ1) is 6.28. The van der Waals surface area contributed by atoms with Crippen LogP contribution in [0.25, 0.3) is 0 Å². The highest BCUT2D eigenvalue weighted by molar-refractivity contribution is 6.08. The molecule has 0 atom stereocenters. The summed E-state index contributed by atoms with van der Waals surface area (Å²) in [6.07, 6.45) is 1.61. The zero-order valence-corrected chi connectivity index (χ0v) is 6.07. The van der Waals surface area contributed by atoms with Crippen molar-refractivity contribution in [2.45, 2.75) is 0 Å². The predicted molar refractivity (Wildman–Crippen MR) is 46.3 cm³/mol. The number of hydrogen-bond donors (Lipinski definition) is 0. The van der Waals surface area contributed by atoms with E-state index in [1.54, 1.807) is 6.34 Å². The van der Waals surface area contributed by atoms with Gasteiger partial charge < -0.3 is 0 Å².